The zero-order chi connectivity index (χ0) is 11.6. The van der Waals surface area contributed by atoms with Gasteiger partial charge < -0.3 is 10.1 Å². The number of methoxy groups -OCH3 is 1. The van der Waals surface area contributed by atoms with Crippen molar-refractivity contribution in [2.45, 2.75) is 25.2 Å². The number of hydrogen-bond acceptors (Lipinski definition) is 2. The molecular formula is C14H21NO. The second kappa shape index (κ2) is 4.46. The van der Waals surface area contributed by atoms with Gasteiger partial charge in [-0.2, -0.15) is 0 Å². The lowest BCUT2D eigenvalue weighted by molar-refractivity contribution is 0.133. The summed E-state index contributed by atoms with van der Waals surface area (Å²) in [6, 6.07) is 8.43. The van der Waals surface area contributed by atoms with Crippen LogP contribution in [-0.2, 0) is 5.41 Å². The third kappa shape index (κ3) is 1.61. The molecule has 2 heteroatoms. The summed E-state index contributed by atoms with van der Waals surface area (Å²) in [6.07, 6.45) is 2.58. The molecule has 1 fully saturated rings. The number of hydrogen-bond donors (Lipinski definition) is 1. The van der Waals surface area contributed by atoms with E-state index in [1.807, 2.05) is 13.1 Å². The smallest absolute Gasteiger partial charge is 0.122 e. The minimum absolute atomic E-state index is 0.279. The van der Waals surface area contributed by atoms with Crippen molar-refractivity contribution >= 4 is 0 Å². The third-order valence-corrected chi connectivity index (χ3v) is 4.10. The van der Waals surface area contributed by atoms with Gasteiger partial charge in [0.25, 0.3) is 0 Å². The van der Waals surface area contributed by atoms with Gasteiger partial charge in [0, 0.05) is 17.5 Å². The van der Waals surface area contributed by atoms with E-state index >= 15 is 0 Å². The molecular weight excluding hydrogens is 198 g/mol. The summed E-state index contributed by atoms with van der Waals surface area (Å²) in [5.74, 6) is 1.76. The predicted octanol–water partition coefficient (Wildman–Crippen LogP) is 2.58. The summed E-state index contributed by atoms with van der Waals surface area (Å²) < 4.78 is 5.49. The van der Waals surface area contributed by atoms with E-state index in [2.05, 4.69) is 30.4 Å². The maximum absolute atomic E-state index is 5.49. The zero-order valence-electron chi connectivity index (χ0n) is 10.4. The molecule has 16 heavy (non-hydrogen) atoms. The summed E-state index contributed by atoms with van der Waals surface area (Å²) in [5, 5.41) is 3.34. The number of likely N-dealkylation sites (N-methyl/N-ethyl adjacent to an activating group) is 1. The number of rotatable bonds is 4. The zero-order valence-corrected chi connectivity index (χ0v) is 10.4. The van der Waals surface area contributed by atoms with Crippen LogP contribution in [0.25, 0.3) is 0 Å². The first-order chi connectivity index (χ1) is 7.74. The average molecular weight is 219 g/mol. The Labute approximate surface area is 98.0 Å². The lowest BCUT2D eigenvalue weighted by Gasteiger charge is -2.49. The number of para-hydroxylation sites is 1. The Hall–Kier alpha value is -1.02. The average Bonchev–Trinajstić information content (AvgIpc) is 2.34. The van der Waals surface area contributed by atoms with E-state index < -0.39 is 0 Å². The van der Waals surface area contributed by atoms with E-state index in [9.17, 15) is 0 Å². The van der Waals surface area contributed by atoms with Crippen molar-refractivity contribution < 1.29 is 4.74 Å². The van der Waals surface area contributed by atoms with E-state index in [4.69, 9.17) is 4.74 Å². The van der Waals surface area contributed by atoms with E-state index in [0.29, 0.717) is 0 Å². The summed E-state index contributed by atoms with van der Waals surface area (Å²) in [4.78, 5) is 0. The molecule has 1 aliphatic carbocycles. The molecule has 0 aromatic heterocycles. The van der Waals surface area contributed by atoms with Gasteiger partial charge in [0.05, 0.1) is 7.11 Å². The van der Waals surface area contributed by atoms with Crippen LogP contribution in [0.4, 0.5) is 0 Å². The monoisotopic (exact) mass is 219 g/mol. The van der Waals surface area contributed by atoms with Crippen LogP contribution < -0.4 is 10.1 Å². The quantitative estimate of drug-likeness (QED) is 0.840. The lowest BCUT2D eigenvalue weighted by Crippen LogP contribution is -2.49. The van der Waals surface area contributed by atoms with Crippen LogP contribution in [0.3, 0.4) is 0 Å². The second-order valence-corrected chi connectivity index (χ2v) is 4.83. The topological polar surface area (TPSA) is 21.3 Å². The molecule has 0 aliphatic heterocycles. The van der Waals surface area contributed by atoms with Crippen molar-refractivity contribution in [3.8, 4) is 5.75 Å². The van der Waals surface area contributed by atoms with Crippen LogP contribution in [-0.4, -0.2) is 20.7 Å². The molecule has 0 bridgehead atoms. The SMILES string of the molecule is CNCC1(c2ccccc2OC)CCC1C. The van der Waals surface area contributed by atoms with Gasteiger partial charge in [0.2, 0.25) is 0 Å². The molecule has 2 nitrogen and oxygen atoms in total. The molecule has 1 aliphatic rings. The summed E-state index contributed by atoms with van der Waals surface area (Å²) >= 11 is 0. The first-order valence-corrected chi connectivity index (χ1v) is 6.02. The summed E-state index contributed by atoms with van der Waals surface area (Å²) in [5.41, 5.74) is 1.65. The third-order valence-electron chi connectivity index (χ3n) is 4.10. The van der Waals surface area contributed by atoms with E-state index in [1.165, 1.54) is 18.4 Å². The molecule has 0 saturated heterocycles. The van der Waals surface area contributed by atoms with Crippen molar-refractivity contribution in [2.75, 3.05) is 20.7 Å². The normalized spacial score (nSPS) is 28.6. The van der Waals surface area contributed by atoms with Crippen LogP contribution >= 0.6 is 0 Å². The fourth-order valence-corrected chi connectivity index (χ4v) is 2.91. The van der Waals surface area contributed by atoms with Gasteiger partial charge in [-0.1, -0.05) is 25.1 Å². The van der Waals surface area contributed by atoms with Crippen LogP contribution in [0.1, 0.15) is 25.3 Å². The molecule has 2 rings (SSSR count). The maximum Gasteiger partial charge on any atom is 0.122 e. The Morgan fingerprint density at radius 3 is 2.69 bits per heavy atom. The standard InChI is InChI=1S/C14H21NO/c1-11-8-9-14(11,10-15-2)12-6-4-5-7-13(12)16-3/h4-7,11,15H,8-10H2,1-3H3. The van der Waals surface area contributed by atoms with Crippen LogP contribution in [0.15, 0.2) is 24.3 Å². The van der Waals surface area contributed by atoms with Crippen molar-refractivity contribution in [3.05, 3.63) is 29.8 Å². The Balaban J connectivity index is 2.39. The van der Waals surface area contributed by atoms with Gasteiger partial charge in [-0.25, -0.2) is 0 Å². The van der Waals surface area contributed by atoms with Crippen LogP contribution in [0, 0.1) is 5.92 Å². The minimum Gasteiger partial charge on any atom is -0.496 e. The van der Waals surface area contributed by atoms with Gasteiger partial charge in [-0.3, -0.25) is 0 Å². The minimum atomic E-state index is 0.279. The second-order valence-electron chi connectivity index (χ2n) is 4.83. The molecule has 0 radical (unpaired) electrons. The molecule has 2 atom stereocenters. The van der Waals surface area contributed by atoms with E-state index in [1.54, 1.807) is 7.11 Å². The summed E-state index contributed by atoms with van der Waals surface area (Å²) in [6.45, 7) is 3.38. The number of ether oxygens (including phenoxy) is 1. The largest absolute Gasteiger partial charge is 0.496 e. The molecule has 0 spiro atoms. The Morgan fingerprint density at radius 1 is 1.44 bits per heavy atom. The van der Waals surface area contributed by atoms with Crippen molar-refractivity contribution in [3.63, 3.8) is 0 Å². The highest BCUT2D eigenvalue weighted by molar-refractivity contribution is 5.42. The molecule has 1 aromatic carbocycles. The Kier molecular flexibility index (Phi) is 3.20. The van der Waals surface area contributed by atoms with Crippen molar-refractivity contribution in [1.29, 1.82) is 0 Å². The van der Waals surface area contributed by atoms with E-state index in [-0.39, 0.29) is 5.41 Å². The summed E-state index contributed by atoms with van der Waals surface area (Å²) in [7, 11) is 3.79. The van der Waals surface area contributed by atoms with Crippen molar-refractivity contribution in [1.82, 2.24) is 5.32 Å². The van der Waals surface area contributed by atoms with Crippen LogP contribution in [0.2, 0.25) is 0 Å². The van der Waals surface area contributed by atoms with Gasteiger partial charge in [-0.15, -0.1) is 0 Å². The Morgan fingerprint density at radius 2 is 2.19 bits per heavy atom. The van der Waals surface area contributed by atoms with Gasteiger partial charge in [0.1, 0.15) is 5.75 Å². The highest BCUT2D eigenvalue weighted by Crippen LogP contribution is 2.50. The van der Waals surface area contributed by atoms with Crippen molar-refractivity contribution in [2.24, 2.45) is 5.92 Å². The first kappa shape index (κ1) is 11.5. The highest BCUT2D eigenvalue weighted by Gasteiger charge is 2.46. The maximum atomic E-state index is 5.49. The molecule has 0 amide bonds. The molecule has 88 valence electrons. The highest BCUT2D eigenvalue weighted by atomic mass is 16.5. The predicted molar refractivity (Wildman–Crippen MR) is 67.0 cm³/mol. The van der Waals surface area contributed by atoms with Gasteiger partial charge in [-0.05, 0) is 31.9 Å². The fraction of sp³-hybridized carbons (Fsp3) is 0.571. The molecule has 1 N–H and O–H groups in total. The molecule has 1 aromatic rings. The number of nitrogens with one attached hydrogen (secondary N) is 1. The molecule has 2 unspecified atom stereocenters. The van der Waals surface area contributed by atoms with E-state index in [0.717, 1.165) is 18.2 Å². The van der Waals surface area contributed by atoms with Crippen LogP contribution in [0.5, 0.6) is 5.75 Å². The lowest BCUT2D eigenvalue weighted by atomic mass is 9.57. The fourth-order valence-electron chi connectivity index (χ4n) is 2.91. The van der Waals surface area contributed by atoms with Gasteiger partial charge in [0.15, 0.2) is 0 Å². The first-order valence-electron chi connectivity index (χ1n) is 6.02. The molecule has 0 heterocycles. The molecule has 1 saturated carbocycles. The Bertz CT molecular complexity index is 364. The van der Waals surface area contributed by atoms with Gasteiger partial charge >= 0.3 is 0 Å². The number of benzene rings is 1.